The molecule has 1 amide bonds. The molecule has 0 saturated carbocycles. The number of aryl methyl sites for hydroxylation is 1. The monoisotopic (exact) mass is 374 g/mol. The second kappa shape index (κ2) is 7.72. The maximum absolute atomic E-state index is 12.8. The molecule has 3 aromatic rings. The Morgan fingerprint density at radius 1 is 1.21 bits per heavy atom. The molecule has 0 spiro atoms. The highest BCUT2D eigenvalue weighted by Gasteiger charge is 2.23. The number of phenols is 1. The molecule has 0 fully saturated rings. The Bertz CT molecular complexity index is 1000. The first kappa shape index (κ1) is 18.0. The summed E-state index contributed by atoms with van der Waals surface area (Å²) in [7, 11) is 0. The first-order valence-corrected chi connectivity index (χ1v) is 9.33. The minimum absolute atomic E-state index is 0.0187. The highest BCUT2D eigenvalue weighted by Crippen LogP contribution is 2.38. The molecule has 5 heteroatoms. The molecule has 0 radical (unpaired) electrons. The van der Waals surface area contributed by atoms with Gasteiger partial charge in [-0.3, -0.25) is 9.78 Å². The average molecular weight is 374 g/mol. The van der Waals surface area contributed by atoms with Gasteiger partial charge in [-0.1, -0.05) is 30.3 Å². The van der Waals surface area contributed by atoms with Gasteiger partial charge in [-0.25, -0.2) is 0 Å². The zero-order valence-corrected chi connectivity index (χ0v) is 15.8. The number of hydrogen-bond donors (Lipinski definition) is 1. The van der Waals surface area contributed by atoms with E-state index in [4.69, 9.17) is 4.74 Å². The molecular formula is C23H22N2O3. The van der Waals surface area contributed by atoms with Crippen LogP contribution in [0, 0.1) is 6.92 Å². The zero-order chi connectivity index (χ0) is 19.5. The molecule has 0 atom stereocenters. The summed E-state index contributed by atoms with van der Waals surface area (Å²) >= 11 is 0. The van der Waals surface area contributed by atoms with Crippen LogP contribution in [0.1, 0.15) is 16.7 Å². The van der Waals surface area contributed by atoms with Gasteiger partial charge in [-0.2, -0.15) is 0 Å². The topological polar surface area (TPSA) is 62.7 Å². The molecule has 0 bridgehead atoms. The number of pyridine rings is 1. The number of phenolic OH excluding ortho intramolecular Hbond substituents is 1. The molecule has 28 heavy (non-hydrogen) atoms. The molecule has 1 N–H and O–H groups in total. The minimum atomic E-state index is 0.0187. The number of fused-ring (bicyclic) bond motifs is 1. The van der Waals surface area contributed by atoms with E-state index >= 15 is 0 Å². The number of aromatic hydroxyl groups is 1. The van der Waals surface area contributed by atoms with Crippen molar-refractivity contribution in [2.75, 3.05) is 13.2 Å². The molecule has 2 heterocycles. The molecule has 2 aromatic carbocycles. The molecule has 142 valence electrons. The number of carbonyl (C=O) groups is 1. The van der Waals surface area contributed by atoms with Gasteiger partial charge in [0.05, 0.1) is 13.0 Å². The number of aromatic nitrogens is 1. The lowest BCUT2D eigenvalue weighted by molar-refractivity contribution is -0.131. The van der Waals surface area contributed by atoms with Crippen molar-refractivity contribution in [3.63, 3.8) is 0 Å². The summed E-state index contributed by atoms with van der Waals surface area (Å²) in [5.41, 5.74) is 4.79. The smallest absolute Gasteiger partial charge is 0.227 e. The van der Waals surface area contributed by atoms with Gasteiger partial charge in [-0.15, -0.1) is 0 Å². The largest absolute Gasteiger partial charge is 0.504 e. The summed E-state index contributed by atoms with van der Waals surface area (Å²) < 4.78 is 5.77. The van der Waals surface area contributed by atoms with Crippen LogP contribution in [0.15, 0.2) is 60.9 Å². The van der Waals surface area contributed by atoms with Crippen LogP contribution in [0.4, 0.5) is 0 Å². The van der Waals surface area contributed by atoms with Crippen molar-refractivity contribution in [2.24, 2.45) is 0 Å². The van der Waals surface area contributed by atoms with Gasteiger partial charge in [0.15, 0.2) is 11.5 Å². The molecule has 1 aliphatic heterocycles. The number of nitrogens with zero attached hydrogens (tertiary/aromatic N) is 2. The lowest BCUT2D eigenvalue weighted by Gasteiger charge is -2.20. The molecule has 0 unspecified atom stereocenters. The van der Waals surface area contributed by atoms with E-state index < -0.39 is 0 Å². The summed E-state index contributed by atoms with van der Waals surface area (Å²) in [4.78, 5) is 18.7. The second-order valence-electron chi connectivity index (χ2n) is 7.00. The van der Waals surface area contributed by atoms with Crippen LogP contribution < -0.4 is 4.74 Å². The van der Waals surface area contributed by atoms with Crippen molar-refractivity contribution >= 4 is 5.91 Å². The van der Waals surface area contributed by atoms with Gasteiger partial charge in [-0.05, 0) is 47.4 Å². The number of rotatable bonds is 3. The van der Waals surface area contributed by atoms with Gasteiger partial charge >= 0.3 is 0 Å². The third-order valence-electron chi connectivity index (χ3n) is 5.00. The van der Waals surface area contributed by atoms with Gasteiger partial charge < -0.3 is 14.7 Å². The number of carbonyl (C=O) groups excluding carboxylic acids is 1. The van der Waals surface area contributed by atoms with Crippen molar-refractivity contribution in [2.45, 2.75) is 19.9 Å². The number of amides is 1. The van der Waals surface area contributed by atoms with E-state index in [2.05, 4.69) is 4.98 Å². The third kappa shape index (κ3) is 3.69. The predicted molar refractivity (Wildman–Crippen MR) is 107 cm³/mol. The Morgan fingerprint density at radius 2 is 2.07 bits per heavy atom. The van der Waals surface area contributed by atoms with Gasteiger partial charge in [0.2, 0.25) is 5.91 Å². The summed E-state index contributed by atoms with van der Waals surface area (Å²) in [5.74, 6) is 0.594. The SMILES string of the molecule is Cc1ccccc1-c1cc(O)c2c(c1)CN(C(=O)Cc1cccnc1)CCO2. The lowest BCUT2D eigenvalue weighted by atomic mass is 9.97. The molecule has 1 aliphatic rings. The number of hydrogen-bond acceptors (Lipinski definition) is 4. The first-order valence-electron chi connectivity index (χ1n) is 9.33. The van der Waals surface area contributed by atoms with E-state index in [0.29, 0.717) is 31.9 Å². The Labute approximate surface area is 164 Å². The number of ether oxygens (including phenoxy) is 1. The molecule has 0 aliphatic carbocycles. The maximum atomic E-state index is 12.8. The predicted octanol–water partition coefficient (Wildman–Crippen LogP) is 3.73. The number of benzene rings is 2. The normalized spacial score (nSPS) is 13.4. The highest BCUT2D eigenvalue weighted by atomic mass is 16.5. The Morgan fingerprint density at radius 3 is 2.86 bits per heavy atom. The summed E-state index contributed by atoms with van der Waals surface area (Å²) in [5, 5.41) is 10.5. The fraction of sp³-hybridized carbons (Fsp3) is 0.217. The summed E-state index contributed by atoms with van der Waals surface area (Å²) in [6.45, 7) is 3.27. The first-order chi connectivity index (χ1) is 13.6. The van der Waals surface area contributed by atoms with Crippen LogP contribution in [-0.4, -0.2) is 34.0 Å². The Kier molecular flexibility index (Phi) is 4.98. The van der Waals surface area contributed by atoms with Crippen LogP contribution >= 0.6 is 0 Å². The van der Waals surface area contributed by atoms with E-state index in [-0.39, 0.29) is 11.7 Å². The molecular weight excluding hydrogens is 352 g/mol. The zero-order valence-electron chi connectivity index (χ0n) is 15.8. The molecule has 0 saturated heterocycles. The Hall–Kier alpha value is -3.34. The average Bonchev–Trinajstić information content (AvgIpc) is 2.92. The van der Waals surface area contributed by atoms with Crippen LogP contribution in [0.3, 0.4) is 0 Å². The fourth-order valence-corrected chi connectivity index (χ4v) is 3.55. The molecule has 4 rings (SSSR count). The molecule has 5 nitrogen and oxygen atoms in total. The van der Waals surface area contributed by atoms with Crippen LogP contribution in [0.25, 0.3) is 11.1 Å². The standard InChI is InChI=1S/C23H22N2O3/c1-16-5-2-3-7-20(16)18-12-19-15-25(9-10-28-23(19)21(26)13-18)22(27)11-17-6-4-8-24-14-17/h2-8,12-14,26H,9-11,15H2,1H3. The quantitative estimate of drug-likeness (QED) is 0.759. The van der Waals surface area contributed by atoms with Gasteiger partial charge in [0, 0.05) is 24.5 Å². The summed E-state index contributed by atoms with van der Waals surface area (Å²) in [6.07, 6.45) is 3.70. The van der Waals surface area contributed by atoms with Crippen LogP contribution in [0.2, 0.25) is 0 Å². The Balaban J connectivity index is 1.63. The van der Waals surface area contributed by atoms with E-state index in [9.17, 15) is 9.90 Å². The highest BCUT2D eigenvalue weighted by molar-refractivity contribution is 5.79. The minimum Gasteiger partial charge on any atom is -0.504 e. The van der Waals surface area contributed by atoms with Crippen molar-refractivity contribution in [1.82, 2.24) is 9.88 Å². The van der Waals surface area contributed by atoms with E-state index in [1.165, 1.54) is 0 Å². The second-order valence-corrected chi connectivity index (χ2v) is 7.00. The molecule has 1 aromatic heterocycles. The fourth-order valence-electron chi connectivity index (χ4n) is 3.55. The van der Waals surface area contributed by atoms with Crippen molar-refractivity contribution in [3.05, 3.63) is 77.6 Å². The van der Waals surface area contributed by atoms with Crippen LogP contribution in [0.5, 0.6) is 11.5 Å². The van der Waals surface area contributed by atoms with Crippen molar-refractivity contribution < 1.29 is 14.6 Å². The summed E-state index contributed by atoms with van der Waals surface area (Å²) in [6, 6.07) is 15.5. The van der Waals surface area contributed by atoms with Gasteiger partial charge in [0.25, 0.3) is 0 Å². The third-order valence-corrected chi connectivity index (χ3v) is 5.00. The maximum Gasteiger partial charge on any atom is 0.227 e. The van der Waals surface area contributed by atoms with E-state index in [0.717, 1.165) is 27.8 Å². The van der Waals surface area contributed by atoms with Crippen molar-refractivity contribution in [3.8, 4) is 22.6 Å². The van der Waals surface area contributed by atoms with Gasteiger partial charge in [0.1, 0.15) is 6.61 Å². The van der Waals surface area contributed by atoms with Crippen LogP contribution in [-0.2, 0) is 17.8 Å². The van der Waals surface area contributed by atoms with E-state index in [1.54, 1.807) is 23.4 Å². The lowest BCUT2D eigenvalue weighted by Crippen LogP contribution is -2.33. The van der Waals surface area contributed by atoms with Crippen molar-refractivity contribution in [1.29, 1.82) is 0 Å². The van der Waals surface area contributed by atoms with E-state index in [1.807, 2.05) is 49.4 Å².